The summed E-state index contributed by atoms with van der Waals surface area (Å²) in [5.41, 5.74) is 0. The minimum absolute atomic E-state index is 0.754. The SMILES string of the molecule is CCN1CCC(NC2CCN(C)CC2C)CC1. The molecule has 0 aromatic carbocycles. The zero-order valence-corrected chi connectivity index (χ0v) is 11.8. The van der Waals surface area contributed by atoms with Gasteiger partial charge >= 0.3 is 0 Å². The molecule has 3 heteroatoms. The molecule has 17 heavy (non-hydrogen) atoms. The Morgan fingerprint density at radius 2 is 1.82 bits per heavy atom. The summed E-state index contributed by atoms with van der Waals surface area (Å²) in [4.78, 5) is 5.03. The van der Waals surface area contributed by atoms with E-state index >= 15 is 0 Å². The molecule has 0 aromatic rings. The Balaban J connectivity index is 1.74. The van der Waals surface area contributed by atoms with Gasteiger partial charge in [0.05, 0.1) is 0 Å². The first kappa shape index (κ1) is 13.3. The first-order valence-electron chi connectivity index (χ1n) is 7.36. The van der Waals surface area contributed by atoms with E-state index < -0.39 is 0 Å². The summed E-state index contributed by atoms with van der Waals surface area (Å²) in [6.45, 7) is 11.0. The molecular weight excluding hydrogens is 210 g/mol. The quantitative estimate of drug-likeness (QED) is 0.803. The van der Waals surface area contributed by atoms with Crippen LogP contribution in [-0.2, 0) is 0 Å². The minimum Gasteiger partial charge on any atom is -0.311 e. The molecule has 0 amide bonds. The highest BCUT2D eigenvalue weighted by Crippen LogP contribution is 2.18. The van der Waals surface area contributed by atoms with Crippen molar-refractivity contribution in [1.29, 1.82) is 0 Å². The molecule has 0 saturated carbocycles. The third-order valence-electron chi connectivity index (χ3n) is 4.59. The summed E-state index contributed by atoms with van der Waals surface area (Å²) in [5, 5.41) is 3.92. The van der Waals surface area contributed by atoms with Crippen LogP contribution in [-0.4, -0.2) is 61.7 Å². The van der Waals surface area contributed by atoms with E-state index in [1.165, 1.54) is 52.0 Å². The second-order valence-corrected chi connectivity index (χ2v) is 6.01. The van der Waals surface area contributed by atoms with Gasteiger partial charge < -0.3 is 15.1 Å². The lowest BCUT2D eigenvalue weighted by atomic mass is 9.92. The van der Waals surface area contributed by atoms with E-state index in [1.54, 1.807) is 0 Å². The fourth-order valence-corrected chi connectivity index (χ4v) is 3.32. The second kappa shape index (κ2) is 6.17. The van der Waals surface area contributed by atoms with Crippen LogP contribution in [0.1, 0.15) is 33.1 Å². The molecule has 100 valence electrons. The predicted molar refractivity (Wildman–Crippen MR) is 73.3 cm³/mol. The monoisotopic (exact) mass is 239 g/mol. The van der Waals surface area contributed by atoms with Crippen molar-refractivity contribution in [2.45, 2.75) is 45.2 Å². The summed E-state index contributed by atoms with van der Waals surface area (Å²) in [5.74, 6) is 0.804. The summed E-state index contributed by atoms with van der Waals surface area (Å²) < 4.78 is 0. The lowest BCUT2D eigenvalue weighted by Crippen LogP contribution is -2.52. The Labute approximate surface area is 107 Å². The normalized spacial score (nSPS) is 34.1. The molecule has 2 heterocycles. The first-order valence-corrected chi connectivity index (χ1v) is 7.36. The van der Waals surface area contributed by atoms with Gasteiger partial charge in [-0.25, -0.2) is 0 Å². The molecule has 0 aliphatic carbocycles. The second-order valence-electron chi connectivity index (χ2n) is 6.01. The van der Waals surface area contributed by atoms with E-state index in [9.17, 15) is 0 Å². The van der Waals surface area contributed by atoms with Crippen LogP contribution in [0.25, 0.3) is 0 Å². The van der Waals surface area contributed by atoms with Crippen LogP contribution < -0.4 is 5.32 Å². The Hall–Kier alpha value is -0.120. The number of piperidine rings is 2. The van der Waals surface area contributed by atoms with Gasteiger partial charge in [-0.15, -0.1) is 0 Å². The van der Waals surface area contributed by atoms with E-state index in [0.717, 1.165) is 18.0 Å². The van der Waals surface area contributed by atoms with Crippen LogP contribution in [0.15, 0.2) is 0 Å². The molecule has 0 radical (unpaired) electrons. The number of hydrogen-bond acceptors (Lipinski definition) is 3. The fraction of sp³-hybridized carbons (Fsp3) is 1.00. The van der Waals surface area contributed by atoms with Crippen LogP contribution in [0.5, 0.6) is 0 Å². The zero-order chi connectivity index (χ0) is 12.3. The van der Waals surface area contributed by atoms with Crippen LogP contribution >= 0.6 is 0 Å². The lowest BCUT2D eigenvalue weighted by Gasteiger charge is -2.39. The molecule has 2 aliphatic rings. The van der Waals surface area contributed by atoms with Crippen LogP contribution in [0, 0.1) is 5.92 Å². The number of hydrogen-bond donors (Lipinski definition) is 1. The van der Waals surface area contributed by atoms with Crippen LogP contribution in [0.3, 0.4) is 0 Å². The molecule has 0 spiro atoms. The van der Waals surface area contributed by atoms with Crippen molar-refractivity contribution in [3.05, 3.63) is 0 Å². The largest absolute Gasteiger partial charge is 0.311 e. The third-order valence-corrected chi connectivity index (χ3v) is 4.59. The van der Waals surface area contributed by atoms with Gasteiger partial charge in [0, 0.05) is 18.6 Å². The maximum Gasteiger partial charge on any atom is 0.0120 e. The average Bonchev–Trinajstić information content (AvgIpc) is 2.34. The van der Waals surface area contributed by atoms with Gasteiger partial charge in [-0.1, -0.05) is 13.8 Å². The molecule has 3 nitrogen and oxygen atoms in total. The minimum atomic E-state index is 0.754. The highest BCUT2D eigenvalue weighted by Gasteiger charge is 2.27. The number of likely N-dealkylation sites (tertiary alicyclic amines) is 2. The van der Waals surface area contributed by atoms with Crippen molar-refractivity contribution < 1.29 is 0 Å². The number of rotatable bonds is 3. The molecule has 2 atom stereocenters. The molecule has 0 bridgehead atoms. The molecule has 2 unspecified atom stereocenters. The first-order chi connectivity index (χ1) is 8.19. The van der Waals surface area contributed by atoms with E-state index in [0.29, 0.717) is 0 Å². The van der Waals surface area contributed by atoms with Gasteiger partial charge in [-0.3, -0.25) is 0 Å². The number of nitrogens with one attached hydrogen (secondary N) is 1. The Bertz CT molecular complexity index is 224. The van der Waals surface area contributed by atoms with Crippen LogP contribution in [0.2, 0.25) is 0 Å². The molecule has 2 aliphatic heterocycles. The predicted octanol–water partition coefficient (Wildman–Crippen LogP) is 1.40. The highest BCUT2D eigenvalue weighted by molar-refractivity contribution is 4.86. The molecule has 2 fully saturated rings. The van der Waals surface area contributed by atoms with Crippen molar-refractivity contribution >= 4 is 0 Å². The zero-order valence-electron chi connectivity index (χ0n) is 11.8. The lowest BCUT2D eigenvalue weighted by molar-refractivity contribution is 0.142. The standard InChI is InChI=1S/C14H29N3/c1-4-17-9-5-13(6-10-17)15-14-7-8-16(3)11-12(14)2/h12-15H,4-11H2,1-3H3. The van der Waals surface area contributed by atoms with Gasteiger partial charge in [0.15, 0.2) is 0 Å². The smallest absolute Gasteiger partial charge is 0.0120 e. The summed E-state index contributed by atoms with van der Waals surface area (Å²) in [6.07, 6.45) is 4.01. The van der Waals surface area contributed by atoms with Gasteiger partial charge in [0.25, 0.3) is 0 Å². The van der Waals surface area contributed by atoms with E-state index in [1.807, 2.05) is 0 Å². The van der Waals surface area contributed by atoms with Crippen molar-refractivity contribution in [3.8, 4) is 0 Å². The average molecular weight is 239 g/mol. The maximum atomic E-state index is 3.92. The van der Waals surface area contributed by atoms with Crippen molar-refractivity contribution in [2.75, 3.05) is 39.8 Å². The summed E-state index contributed by atoms with van der Waals surface area (Å²) >= 11 is 0. The van der Waals surface area contributed by atoms with Crippen LogP contribution in [0.4, 0.5) is 0 Å². The molecular formula is C14H29N3. The topological polar surface area (TPSA) is 18.5 Å². The van der Waals surface area contributed by atoms with Gasteiger partial charge in [0.2, 0.25) is 0 Å². The maximum absolute atomic E-state index is 3.92. The van der Waals surface area contributed by atoms with Crippen molar-refractivity contribution in [3.63, 3.8) is 0 Å². The molecule has 1 N–H and O–H groups in total. The van der Waals surface area contributed by atoms with E-state index in [2.05, 4.69) is 36.0 Å². The highest BCUT2D eigenvalue weighted by atomic mass is 15.2. The van der Waals surface area contributed by atoms with E-state index in [4.69, 9.17) is 0 Å². The van der Waals surface area contributed by atoms with Gasteiger partial charge in [-0.2, -0.15) is 0 Å². The third kappa shape index (κ3) is 3.67. The fourth-order valence-electron chi connectivity index (χ4n) is 3.32. The van der Waals surface area contributed by atoms with E-state index in [-0.39, 0.29) is 0 Å². The van der Waals surface area contributed by atoms with Gasteiger partial charge in [-0.05, 0) is 58.4 Å². The summed E-state index contributed by atoms with van der Waals surface area (Å²) in [7, 11) is 2.24. The summed E-state index contributed by atoms with van der Waals surface area (Å²) in [6, 6.07) is 1.53. The molecule has 0 aromatic heterocycles. The van der Waals surface area contributed by atoms with Crippen molar-refractivity contribution in [1.82, 2.24) is 15.1 Å². The molecule has 2 rings (SSSR count). The van der Waals surface area contributed by atoms with Crippen molar-refractivity contribution in [2.24, 2.45) is 5.92 Å². The number of nitrogens with zero attached hydrogens (tertiary/aromatic N) is 2. The Kier molecular flexibility index (Phi) is 4.83. The molecule has 2 saturated heterocycles. The Morgan fingerprint density at radius 3 is 2.41 bits per heavy atom. The van der Waals surface area contributed by atoms with Gasteiger partial charge in [0.1, 0.15) is 0 Å². The Morgan fingerprint density at radius 1 is 1.12 bits per heavy atom.